The van der Waals surface area contributed by atoms with Gasteiger partial charge < -0.3 is 16.6 Å². The Morgan fingerprint density at radius 3 is 1.40 bits per heavy atom. The molecule has 0 fully saturated rings. The predicted octanol–water partition coefficient (Wildman–Crippen LogP) is -0.249. The highest BCUT2D eigenvalue weighted by atomic mass is 16.4. The Kier molecular flexibility index (Phi) is 6.76. The van der Waals surface area contributed by atoms with Gasteiger partial charge in [0.15, 0.2) is 0 Å². The number of aliphatic carboxylic acids is 1. The molecule has 0 bridgehead atoms. The minimum atomic E-state index is -0.833. The van der Waals surface area contributed by atoms with E-state index in [4.69, 9.17) is 9.90 Å². The maximum Gasteiger partial charge on any atom is 0.309 e. The zero-order chi connectivity index (χ0) is 8.73. The molecule has 0 radical (unpaired) electrons. The van der Waals surface area contributed by atoms with E-state index >= 15 is 0 Å². The highest BCUT2D eigenvalue weighted by Gasteiger charge is 1.99. The van der Waals surface area contributed by atoms with Gasteiger partial charge in [0.05, 0.1) is 5.92 Å². The van der Waals surface area contributed by atoms with Crippen LogP contribution >= 0.6 is 0 Å². The molecule has 60 valence electrons. The Hall–Kier alpha value is -1.26. The minimum Gasteiger partial charge on any atom is -0.481 e. The third kappa shape index (κ3) is 29.6. The van der Waals surface area contributed by atoms with E-state index in [9.17, 15) is 4.79 Å². The molecule has 0 aliphatic rings. The Balaban J connectivity index is 0. The van der Waals surface area contributed by atoms with Crippen LogP contribution in [0, 0.1) is 5.92 Å². The molecule has 0 heterocycles. The maximum absolute atomic E-state index is 9.70. The largest absolute Gasteiger partial charge is 0.481 e. The SMILES string of the molecule is CC(C)C(=O)O.NC(N)=O. The number of rotatable bonds is 1. The van der Waals surface area contributed by atoms with Crippen molar-refractivity contribution in [1.29, 1.82) is 0 Å². The first-order valence-electron chi connectivity index (χ1n) is 2.65. The van der Waals surface area contributed by atoms with Gasteiger partial charge >= 0.3 is 12.0 Å². The predicted molar refractivity (Wildman–Crippen MR) is 36.2 cm³/mol. The average Bonchev–Trinajstić information content (AvgIpc) is 1.63. The lowest BCUT2D eigenvalue weighted by Crippen LogP contribution is -2.18. The van der Waals surface area contributed by atoms with Crippen molar-refractivity contribution in [1.82, 2.24) is 0 Å². The second-order valence-electron chi connectivity index (χ2n) is 1.90. The van der Waals surface area contributed by atoms with Crippen molar-refractivity contribution >= 4 is 12.0 Å². The molecule has 0 saturated heterocycles. The van der Waals surface area contributed by atoms with Crippen LogP contribution in [0.5, 0.6) is 0 Å². The highest BCUT2D eigenvalue weighted by Crippen LogP contribution is 1.87. The number of nitrogens with two attached hydrogens (primary N) is 2. The smallest absolute Gasteiger partial charge is 0.309 e. The first-order chi connectivity index (χ1) is 4.37. The Morgan fingerprint density at radius 2 is 1.40 bits per heavy atom. The average molecular weight is 148 g/mol. The Bertz CT molecular complexity index is 118. The molecule has 0 aromatic rings. The number of urea groups is 1. The van der Waals surface area contributed by atoms with E-state index in [1.807, 2.05) is 0 Å². The molecular formula is C5H12N2O3. The zero-order valence-electron chi connectivity index (χ0n) is 6.00. The molecule has 0 atom stereocenters. The fourth-order valence-electron chi connectivity index (χ4n) is 0. The second kappa shape index (κ2) is 5.87. The lowest BCUT2D eigenvalue weighted by Gasteiger charge is -1.89. The summed E-state index contributed by atoms with van der Waals surface area (Å²) in [6.07, 6.45) is 0. The van der Waals surface area contributed by atoms with Gasteiger partial charge in [-0.15, -0.1) is 0 Å². The molecule has 0 aliphatic heterocycles. The second-order valence-corrected chi connectivity index (χ2v) is 1.90. The maximum atomic E-state index is 9.70. The van der Waals surface area contributed by atoms with Crippen LogP contribution < -0.4 is 11.5 Å². The monoisotopic (exact) mass is 148 g/mol. The molecule has 2 amide bonds. The van der Waals surface area contributed by atoms with E-state index in [-0.39, 0.29) is 5.92 Å². The van der Waals surface area contributed by atoms with E-state index in [1.54, 1.807) is 13.8 Å². The number of carbonyl (C=O) groups is 2. The number of amides is 2. The van der Waals surface area contributed by atoms with Gasteiger partial charge in [0.2, 0.25) is 0 Å². The Labute approximate surface area is 59.0 Å². The van der Waals surface area contributed by atoms with E-state index in [0.29, 0.717) is 0 Å². The normalized spacial score (nSPS) is 7.90. The molecule has 0 aromatic heterocycles. The molecule has 0 saturated carbocycles. The fraction of sp³-hybridized carbons (Fsp3) is 0.600. The summed E-state index contributed by atoms with van der Waals surface area (Å²) in [6, 6.07) is -0.833. The summed E-state index contributed by atoms with van der Waals surface area (Å²) < 4.78 is 0. The molecule has 0 unspecified atom stereocenters. The van der Waals surface area contributed by atoms with Crippen LogP contribution in [0.2, 0.25) is 0 Å². The van der Waals surface area contributed by atoms with Crippen LogP contribution in [-0.2, 0) is 4.79 Å². The Morgan fingerprint density at radius 1 is 1.30 bits per heavy atom. The number of hydrogen-bond donors (Lipinski definition) is 3. The molecule has 5 nitrogen and oxygen atoms in total. The molecule has 0 rings (SSSR count). The van der Waals surface area contributed by atoms with Gasteiger partial charge in [0.25, 0.3) is 0 Å². The van der Waals surface area contributed by atoms with Crippen LogP contribution in [0.1, 0.15) is 13.8 Å². The summed E-state index contributed by atoms with van der Waals surface area (Å²) in [4.78, 5) is 18.7. The van der Waals surface area contributed by atoms with Crippen molar-refractivity contribution in [3.8, 4) is 0 Å². The van der Waals surface area contributed by atoms with Crippen LogP contribution in [-0.4, -0.2) is 17.1 Å². The van der Waals surface area contributed by atoms with Crippen molar-refractivity contribution in [2.75, 3.05) is 0 Å². The van der Waals surface area contributed by atoms with Crippen LogP contribution in [0.3, 0.4) is 0 Å². The number of carboxylic acids is 1. The van der Waals surface area contributed by atoms with Gasteiger partial charge in [0, 0.05) is 0 Å². The van der Waals surface area contributed by atoms with Gasteiger partial charge in [-0.1, -0.05) is 13.8 Å². The fourth-order valence-corrected chi connectivity index (χ4v) is 0. The van der Waals surface area contributed by atoms with Gasteiger partial charge in [-0.25, -0.2) is 4.79 Å². The summed E-state index contributed by atoms with van der Waals surface area (Å²) in [5, 5.41) is 7.99. The third-order valence-electron chi connectivity index (χ3n) is 0.494. The van der Waals surface area contributed by atoms with Crippen molar-refractivity contribution in [3.05, 3.63) is 0 Å². The number of carboxylic acid groups (broad SMARTS) is 1. The quantitative estimate of drug-likeness (QED) is 0.477. The standard InChI is InChI=1S/C4H8O2.CH4N2O/c1-3(2)4(5)6;2-1(3)4/h3H,1-2H3,(H,5,6);(H4,2,3,4). The van der Waals surface area contributed by atoms with Crippen molar-refractivity contribution in [2.24, 2.45) is 17.4 Å². The van der Waals surface area contributed by atoms with Crippen molar-refractivity contribution in [3.63, 3.8) is 0 Å². The van der Waals surface area contributed by atoms with E-state index in [0.717, 1.165) is 0 Å². The summed E-state index contributed by atoms with van der Waals surface area (Å²) in [7, 11) is 0. The van der Waals surface area contributed by atoms with E-state index in [2.05, 4.69) is 11.5 Å². The number of primary amides is 2. The summed E-state index contributed by atoms with van der Waals surface area (Å²) >= 11 is 0. The topological polar surface area (TPSA) is 106 Å². The molecular weight excluding hydrogens is 136 g/mol. The first-order valence-corrected chi connectivity index (χ1v) is 2.65. The molecule has 5 N–H and O–H groups in total. The summed E-state index contributed by atoms with van der Waals surface area (Å²) in [5.74, 6) is -0.972. The summed E-state index contributed by atoms with van der Waals surface area (Å²) in [5.41, 5.74) is 8.50. The molecule has 0 aliphatic carbocycles. The number of hydrogen-bond acceptors (Lipinski definition) is 2. The van der Waals surface area contributed by atoms with Gasteiger partial charge in [-0.05, 0) is 0 Å². The van der Waals surface area contributed by atoms with Crippen LogP contribution in [0.15, 0.2) is 0 Å². The summed E-state index contributed by atoms with van der Waals surface area (Å²) in [6.45, 7) is 3.28. The van der Waals surface area contributed by atoms with Crippen LogP contribution in [0.4, 0.5) is 4.79 Å². The molecule has 0 spiro atoms. The molecule has 5 heteroatoms. The first kappa shape index (κ1) is 11.5. The number of carbonyl (C=O) groups excluding carboxylic acids is 1. The highest BCUT2D eigenvalue weighted by molar-refractivity contribution is 5.69. The lowest BCUT2D eigenvalue weighted by atomic mass is 10.2. The lowest BCUT2D eigenvalue weighted by molar-refractivity contribution is -0.140. The van der Waals surface area contributed by atoms with Crippen molar-refractivity contribution in [2.45, 2.75) is 13.8 Å². The molecule has 0 aromatic carbocycles. The molecule has 10 heavy (non-hydrogen) atoms. The van der Waals surface area contributed by atoms with Gasteiger partial charge in [-0.2, -0.15) is 0 Å². The van der Waals surface area contributed by atoms with Crippen LogP contribution in [0.25, 0.3) is 0 Å². The van der Waals surface area contributed by atoms with E-state index in [1.165, 1.54) is 0 Å². The van der Waals surface area contributed by atoms with E-state index < -0.39 is 12.0 Å². The third-order valence-corrected chi connectivity index (χ3v) is 0.494. The van der Waals surface area contributed by atoms with Crippen molar-refractivity contribution < 1.29 is 14.7 Å². The van der Waals surface area contributed by atoms with Gasteiger partial charge in [-0.3, -0.25) is 4.79 Å². The van der Waals surface area contributed by atoms with Gasteiger partial charge in [0.1, 0.15) is 0 Å². The zero-order valence-corrected chi connectivity index (χ0v) is 6.00. The minimum absolute atomic E-state index is 0.231.